The maximum absolute atomic E-state index is 12.3. The van der Waals surface area contributed by atoms with Gasteiger partial charge in [-0.1, -0.05) is 30.3 Å². The maximum atomic E-state index is 12.3. The van der Waals surface area contributed by atoms with Crippen molar-refractivity contribution in [3.05, 3.63) is 35.9 Å². The zero-order valence-electron chi connectivity index (χ0n) is 13.3. The van der Waals surface area contributed by atoms with E-state index in [4.69, 9.17) is 0 Å². The van der Waals surface area contributed by atoms with Crippen molar-refractivity contribution in [3.63, 3.8) is 0 Å². The second-order valence-corrected chi connectivity index (χ2v) is 6.60. The van der Waals surface area contributed by atoms with E-state index < -0.39 is 12.1 Å². The Labute approximate surface area is 136 Å². The molecule has 5 nitrogen and oxygen atoms in total. The molecule has 124 valence electrons. The molecule has 5 heteroatoms. The number of piperidine rings is 1. The monoisotopic (exact) mass is 316 g/mol. The molecule has 1 aromatic rings. The van der Waals surface area contributed by atoms with E-state index in [-0.39, 0.29) is 11.8 Å². The number of aliphatic hydroxyl groups is 1. The molecule has 0 spiro atoms. The quantitative estimate of drug-likeness (QED) is 0.835. The smallest absolute Gasteiger partial charge is 0.251 e. The van der Waals surface area contributed by atoms with Crippen LogP contribution in [0.2, 0.25) is 0 Å². The molecule has 1 saturated carbocycles. The van der Waals surface area contributed by atoms with E-state index in [0.717, 1.165) is 24.8 Å². The van der Waals surface area contributed by atoms with Crippen molar-refractivity contribution in [1.82, 2.24) is 10.2 Å². The minimum absolute atomic E-state index is 0.0131. The molecule has 0 radical (unpaired) electrons. The Morgan fingerprint density at radius 1 is 1.26 bits per heavy atom. The lowest BCUT2D eigenvalue weighted by Crippen LogP contribution is -2.54. The highest BCUT2D eigenvalue weighted by Gasteiger charge is 2.36. The van der Waals surface area contributed by atoms with Crippen LogP contribution < -0.4 is 5.32 Å². The average molecular weight is 316 g/mol. The molecule has 2 N–H and O–H groups in total. The van der Waals surface area contributed by atoms with E-state index in [9.17, 15) is 14.7 Å². The summed E-state index contributed by atoms with van der Waals surface area (Å²) in [6, 6.07) is 9.27. The molecular formula is C18H24N2O3. The Morgan fingerprint density at radius 3 is 2.70 bits per heavy atom. The Kier molecular flexibility index (Phi) is 4.96. The number of likely N-dealkylation sites (tertiary alicyclic amines) is 1. The van der Waals surface area contributed by atoms with Crippen LogP contribution in [0.15, 0.2) is 30.3 Å². The van der Waals surface area contributed by atoms with Gasteiger partial charge in [0.2, 0.25) is 5.91 Å². The predicted molar refractivity (Wildman–Crippen MR) is 86.4 cm³/mol. The molecule has 1 heterocycles. The van der Waals surface area contributed by atoms with Gasteiger partial charge in [0.15, 0.2) is 6.10 Å². The van der Waals surface area contributed by atoms with Crippen molar-refractivity contribution in [1.29, 1.82) is 0 Å². The topological polar surface area (TPSA) is 69.6 Å². The van der Waals surface area contributed by atoms with E-state index in [0.29, 0.717) is 31.8 Å². The Bertz CT molecular complexity index is 557. The van der Waals surface area contributed by atoms with Crippen LogP contribution in [0, 0.1) is 5.92 Å². The van der Waals surface area contributed by atoms with Crippen LogP contribution in [0.25, 0.3) is 0 Å². The summed E-state index contributed by atoms with van der Waals surface area (Å²) in [5.74, 6) is 0.230. The molecule has 2 fully saturated rings. The minimum atomic E-state index is -1.15. The highest BCUT2D eigenvalue weighted by Crippen LogP contribution is 2.28. The summed E-state index contributed by atoms with van der Waals surface area (Å²) in [4.78, 5) is 26.1. The summed E-state index contributed by atoms with van der Waals surface area (Å²) < 4.78 is 0. The summed E-state index contributed by atoms with van der Waals surface area (Å²) in [5, 5.41) is 13.3. The standard InChI is InChI=1S/C18H24N2O3/c21-16-8-4-7-15(17(22)18(23)19-11-13-9-10-13)20(16)12-14-5-2-1-3-6-14/h1-3,5-6,13,15,17,22H,4,7-12H2,(H,19,23). The van der Waals surface area contributed by atoms with E-state index in [1.54, 1.807) is 4.90 Å². The first-order valence-electron chi connectivity index (χ1n) is 8.44. The number of carbonyl (C=O) groups is 2. The number of hydrogen-bond donors (Lipinski definition) is 2. The molecule has 2 unspecified atom stereocenters. The van der Waals surface area contributed by atoms with Crippen molar-refractivity contribution in [2.45, 2.75) is 50.8 Å². The number of carbonyl (C=O) groups excluding carboxylic acids is 2. The third-order valence-corrected chi connectivity index (χ3v) is 4.70. The first-order valence-corrected chi connectivity index (χ1v) is 8.44. The third-order valence-electron chi connectivity index (χ3n) is 4.70. The number of nitrogens with zero attached hydrogens (tertiary/aromatic N) is 1. The Hall–Kier alpha value is -1.88. The van der Waals surface area contributed by atoms with Gasteiger partial charge >= 0.3 is 0 Å². The van der Waals surface area contributed by atoms with Crippen LogP contribution in [0.5, 0.6) is 0 Å². The van der Waals surface area contributed by atoms with Gasteiger partial charge in [0.1, 0.15) is 0 Å². The molecule has 3 rings (SSSR count). The van der Waals surface area contributed by atoms with Gasteiger partial charge in [0.25, 0.3) is 5.91 Å². The third kappa shape index (κ3) is 4.10. The van der Waals surface area contributed by atoms with E-state index in [2.05, 4.69) is 5.32 Å². The van der Waals surface area contributed by atoms with Crippen molar-refractivity contribution >= 4 is 11.8 Å². The number of amides is 2. The van der Waals surface area contributed by atoms with E-state index >= 15 is 0 Å². The van der Waals surface area contributed by atoms with Crippen LogP contribution in [-0.2, 0) is 16.1 Å². The minimum Gasteiger partial charge on any atom is -0.381 e. The Balaban J connectivity index is 1.66. The molecular weight excluding hydrogens is 292 g/mol. The summed E-state index contributed by atoms with van der Waals surface area (Å²) in [6.07, 6.45) is 3.02. The fraction of sp³-hybridized carbons (Fsp3) is 0.556. The van der Waals surface area contributed by atoms with Gasteiger partial charge in [-0.15, -0.1) is 0 Å². The number of rotatable bonds is 6. The van der Waals surface area contributed by atoms with Crippen molar-refractivity contribution < 1.29 is 14.7 Å². The molecule has 2 amide bonds. The number of hydrogen-bond acceptors (Lipinski definition) is 3. The number of benzene rings is 1. The molecule has 2 atom stereocenters. The van der Waals surface area contributed by atoms with Crippen LogP contribution >= 0.6 is 0 Å². The SMILES string of the molecule is O=C(NCC1CC1)C(O)C1CCCC(=O)N1Cc1ccccc1. The molecule has 2 aliphatic rings. The normalized spacial score (nSPS) is 22.7. The van der Waals surface area contributed by atoms with E-state index in [1.165, 1.54) is 0 Å². The first kappa shape index (κ1) is 16.0. The number of nitrogens with one attached hydrogen (secondary N) is 1. The van der Waals surface area contributed by atoms with Crippen LogP contribution in [0.3, 0.4) is 0 Å². The van der Waals surface area contributed by atoms with Gasteiger partial charge in [-0.2, -0.15) is 0 Å². The lowest BCUT2D eigenvalue weighted by atomic mass is 9.95. The fourth-order valence-electron chi connectivity index (χ4n) is 3.11. The van der Waals surface area contributed by atoms with E-state index in [1.807, 2.05) is 30.3 Å². The fourth-order valence-corrected chi connectivity index (χ4v) is 3.11. The molecule has 1 aliphatic heterocycles. The van der Waals surface area contributed by atoms with Crippen LogP contribution in [0.1, 0.15) is 37.7 Å². The summed E-state index contributed by atoms with van der Waals surface area (Å²) >= 11 is 0. The highest BCUT2D eigenvalue weighted by atomic mass is 16.3. The van der Waals surface area contributed by atoms with Gasteiger partial charge in [-0.05, 0) is 37.2 Å². The van der Waals surface area contributed by atoms with Crippen LogP contribution in [0.4, 0.5) is 0 Å². The van der Waals surface area contributed by atoms with Gasteiger partial charge in [0.05, 0.1) is 6.04 Å². The molecule has 1 saturated heterocycles. The second kappa shape index (κ2) is 7.13. The first-order chi connectivity index (χ1) is 11.1. The van der Waals surface area contributed by atoms with Crippen molar-refractivity contribution in [2.75, 3.05) is 6.54 Å². The summed E-state index contributed by atoms with van der Waals surface area (Å²) in [5.41, 5.74) is 1.01. The van der Waals surface area contributed by atoms with Crippen LogP contribution in [-0.4, -0.2) is 40.5 Å². The lowest BCUT2D eigenvalue weighted by Gasteiger charge is -2.38. The summed E-state index contributed by atoms with van der Waals surface area (Å²) in [7, 11) is 0. The lowest BCUT2D eigenvalue weighted by molar-refractivity contribution is -0.145. The molecule has 1 aliphatic carbocycles. The maximum Gasteiger partial charge on any atom is 0.251 e. The second-order valence-electron chi connectivity index (χ2n) is 6.60. The molecule has 0 aromatic heterocycles. The van der Waals surface area contributed by atoms with Crippen molar-refractivity contribution in [3.8, 4) is 0 Å². The predicted octanol–water partition coefficient (Wildman–Crippen LogP) is 1.45. The van der Waals surface area contributed by atoms with Gasteiger partial charge in [-0.25, -0.2) is 0 Å². The summed E-state index contributed by atoms with van der Waals surface area (Å²) in [6.45, 7) is 1.08. The van der Waals surface area contributed by atoms with Gasteiger partial charge in [-0.3, -0.25) is 9.59 Å². The highest BCUT2D eigenvalue weighted by molar-refractivity contribution is 5.83. The zero-order chi connectivity index (χ0) is 16.2. The average Bonchev–Trinajstić information content (AvgIpc) is 3.39. The largest absolute Gasteiger partial charge is 0.381 e. The van der Waals surface area contributed by atoms with Crippen molar-refractivity contribution in [2.24, 2.45) is 5.92 Å². The number of aliphatic hydroxyl groups excluding tert-OH is 1. The Morgan fingerprint density at radius 2 is 2.00 bits per heavy atom. The van der Waals surface area contributed by atoms with Gasteiger partial charge in [0, 0.05) is 19.5 Å². The van der Waals surface area contributed by atoms with Gasteiger partial charge < -0.3 is 15.3 Å². The molecule has 1 aromatic carbocycles. The molecule has 23 heavy (non-hydrogen) atoms. The molecule has 0 bridgehead atoms. The zero-order valence-corrected chi connectivity index (χ0v) is 13.3.